The van der Waals surface area contributed by atoms with Gasteiger partial charge in [-0.05, 0) is 44.2 Å². The molecule has 1 atom stereocenters. The molecule has 116 valence electrons. The van der Waals surface area contributed by atoms with Crippen molar-refractivity contribution in [3.63, 3.8) is 0 Å². The molecule has 0 spiro atoms. The highest BCUT2D eigenvalue weighted by Crippen LogP contribution is 2.30. The van der Waals surface area contributed by atoms with E-state index in [0.29, 0.717) is 6.04 Å². The molecule has 3 heteroatoms. The predicted octanol–water partition coefficient (Wildman–Crippen LogP) is 2.76. The zero-order valence-corrected chi connectivity index (χ0v) is 13.4. The first kappa shape index (κ1) is 15.0. The Morgan fingerprint density at radius 3 is 2.81 bits per heavy atom. The summed E-state index contributed by atoms with van der Waals surface area (Å²) in [5.74, 6) is 0. The monoisotopic (exact) mass is 288 g/mol. The molecular weight excluding hydrogens is 260 g/mol. The van der Waals surface area contributed by atoms with Gasteiger partial charge in [0, 0.05) is 31.2 Å². The van der Waals surface area contributed by atoms with Gasteiger partial charge in [-0.3, -0.25) is 4.90 Å². The van der Waals surface area contributed by atoms with E-state index in [1.54, 1.807) is 0 Å². The average molecular weight is 288 g/mol. The van der Waals surface area contributed by atoms with Crippen LogP contribution >= 0.6 is 0 Å². The summed E-state index contributed by atoms with van der Waals surface area (Å²) in [6, 6.07) is 9.45. The Balaban J connectivity index is 1.62. The number of hydrogen-bond donors (Lipinski definition) is 1. The summed E-state index contributed by atoms with van der Waals surface area (Å²) in [7, 11) is 0. The van der Waals surface area contributed by atoms with Gasteiger partial charge in [0.05, 0.1) is 13.2 Å². The van der Waals surface area contributed by atoms with Gasteiger partial charge in [0.25, 0.3) is 0 Å². The molecule has 1 saturated heterocycles. The smallest absolute Gasteiger partial charge is 0.0594 e. The van der Waals surface area contributed by atoms with Gasteiger partial charge in [0.2, 0.25) is 0 Å². The van der Waals surface area contributed by atoms with Crippen LogP contribution in [0.5, 0.6) is 0 Å². The Morgan fingerprint density at radius 2 is 2.00 bits per heavy atom. The van der Waals surface area contributed by atoms with Crippen LogP contribution in [0.3, 0.4) is 0 Å². The number of benzene rings is 1. The number of morpholine rings is 1. The number of aryl methyl sites for hydroxylation is 1. The maximum Gasteiger partial charge on any atom is 0.0594 e. The van der Waals surface area contributed by atoms with Crippen molar-refractivity contribution in [1.82, 2.24) is 10.2 Å². The van der Waals surface area contributed by atoms with Crippen molar-refractivity contribution in [3.05, 3.63) is 35.4 Å². The number of hydrogen-bond acceptors (Lipinski definition) is 3. The van der Waals surface area contributed by atoms with Crippen molar-refractivity contribution in [2.24, 2.45) is 0 Å². The first-order valence-corrected chi connectivity index (χ1v) is 8.31. The standard InChI is InChI=1S/C18H28N2O/c1-18(2,20-10-12-21-13-11-20)14-19-17-9-5-7-15-6-3-4-8-16(15)17/h3-4,6,8,17,19H,5,7,9-14H2,1-2H3. The molecule has 1 aromatic carbocycles. The van der Waals surface area contributed by atoms with E-state index < -0.39 is 0 Å². The second-order valence-corrected chi connectivity index (χ2v) is 6.94. The molecule has 0 bridgehead atoms. The third-order valence-electron chi connectivity index (χ3n) is 5.02. The molecular formula is C18H28N2O. The summed E-state index contributed by atoms with van der Waals surface area (Å²) >= 11 is 0. The summed E-state index contributed by atoms with van der Waals surface area (Å²) in [5.41, 5.74) is 3.24. The number of nitrogens with zero attached hydrogens (tertiary/aromatic N) is 1. The average Bonchev–Trinajstić information content (AvgIpc) is 2.54. The van der Waals surface area contributed by atoms with Gasteiger partial charge in [-0.15, -0.1) is 0 Å². The van der Waals surface area contributed by atoms with Crippen molar-refractivity contribution in [1.29, 1.82) is 0 Å². The molecule has 1 aromatic rings. The van der Waals surface area contributed by atoms with Gasteiger partial charge < -0.3 is 10.1 Å². The van der Waals surface area contributed by atoms with Crippen LogP contribution in [-0.2, 0) is 11.2 Å². The topological polar surface area (TPSA) is 24.5 Å². The highest BCUT2D eigenvalue weighted by atomic mass is 16.5. The number of fused-ring (bicyclic) bond motifs is 1. The van der Waals surface area contributed by atoms with E-state index in [0.717, 1.165) is 32.8 Å². The van der Waals surface area contributed by atoms with Crippen LogP contribution in [0.4, 0.5) is 0 Å². The van der Waals surface area contributed by atoms with Crippen LogP contribution in [0.2, 0.25) is 0 Å². The van der Waals surface area contributed by atoms with Gasteiger partial charge in [-0.25, -0.2) is 0 Å². The number of ether oxygens (including phenoxy) is 1. The molecule has 1 fully saturated rings. The minimum atomic E-state index is 0.191. The molecule has 1 aliphatic carbocycles. The lowest BCUT2D eigenvalue weighted by Gasteiger charge is -2.42. The molecule has 0 radical (unpaired) electrons. The van der Waals surface area contributed by atoms with E-state index in [4.69, 9.17) is 4.74 Å². The SMILES string of the molecule is CC(C)(CNC1CCCc2ccccc21)N1CCOCC1. The Bertz CT molecular complexity index is 466. The van der Waals surface area contributed by atoms with Crippen molar-refractivity contribution in [2.45, 2.75) is 44.7 Å². The van der Waals surface area contributed by atoms with Gasteiger partial charge in [-0.2, -0.15) is 0 Å². The maximum absolute atomic E-state index is 5.47. The fourth-order valence-electron chi connectivity index (χ4n) is 3.62. The van der Waals surface area contributed by atoms with E-state index in [-0.39, 0.29) is 5.54 Å². The van der Waals surface area contributed by atoms with Crippen LogP contribution in [0.15, 0.2) is 24.3 Å². The molecule has 1 unspecified atom stereocenters. The van der Waals surface area contributed by atoms with E-state index in [9.17, 15) is 0 Å². The Morgan fingerprint density at radius 1 is 1.24 bits per heavy atom. The van der Waals surface area contributed by atoms with E-state index in [1.807, 2.05) is 0 Å². The van der Waals surface area contributed by atoms with Gasteiger partial charge >= 0.3 is 0 Å². The van der Waals surface area contributed by atoms with Crippen molar-refractivity contribution in [3.8, 4) is 0 Å². The summed E-state index contributed by atoms with van der Waals surface area (Å²) in [5, 5.41) is 3.83. The zero-order valence-electron chi connectivity index (χ0n) is 13.4. The molecule has 1 aliphatic heterocycles. The first-order chi connectivity index (χ1) is 10.2. The summed E-state index contributed by atoms with van der Waals surface area (Å²) in [6.45, 7) is 9.57. The Labute approximate surface area is 128 Å². The summed E-state index contributed by atoms with van der Waals surface area (Å²) in [6.07, 6.45) is 3.80. The van der Waals surface area contributed by atoms with Crippen LogP contribution < -0.4 is 5.32 Å². The molecule has 0 aromatic heterocycles. The van der Waals surface area contributed by atoms with Crippen LogP contribution in [0.25, 0.3) is 0 Å². The molecule has 2 aliphatic rings. The van der Waals surface area contributed by atoms with Gasteiger partial charge in [0.15, 0.2) is 0 Å². The van der Waals surface area contributed by atoms with E-state index in [1.165, 1.54) is 30.4 Å². The third kappa shape index (κ3) is 3.47. The van der Waals surface area contributed by atoms with Crippen molar-refractivity contribution >= 4 is 0 Å². The quantitative estimate of drug-likeness (QED) is 0.922. The molecule has 21 heavy (non-hydrogen) atoms. The molecule has 3 rings (SSSR count). The highest BCUT2D eigenvalue weighted by Gasteiger charge is 2.29. The first-order valence-electron chi connectivity index (χ1n) is 8.31. The zero-order chi connectivity index (χ0) is 14.7. The summed E-state index contributed by atoms with van der Waals surface area (Å²) in [4.78, 5) is 2.55. The largest absolute Gasteiger partial charge is 0.379 e. The lowest BCUT2D eigenvalue weighted by Crippen LogP contribution is -2.55. The Hall–Kier alpha value is -0.900. The van der Waals surface area contributed by atoms with E-state index >= 15 is 0 Å². The molecule has 0 saturated carbocycles. The van der Waals surface area contributed by atoms with Crippen LogP contribution in [-0.4, -0.2) is 43.3 Å². The minimum absolute atomic E-state index is 0.191. The second kappa shape index (κ2) is 6.47. The van der Waals surface area contributed by atoms with Crippen LogP contribution in [0.1, 0.15) is 43.9 Å². The van der Waals surface area contributed by atoms with Gasteiger partial charge in [0.1, 0.15) is 0 Å². The predicted molar refractivity (Wildman–Crippen MR) is 86.6 cm³/mol. The normalized spacial score (nSPS) is 23.8. The van der Waals surface area contributed by atoms with Gasteiger partial charge in [-0.1, -0.05) is 24.3 Å². The van der Waals surface area contributed by atoms with Crippen molar-refractivity contribution in [2.75, 3.05) is 32.8 Å². The fraction of sp³-hybridized carbons (Fsp3) is 0.667. The third-order valence-corrected chi connectivity index (χ3v) is 5.02. The van der Waals surface area contributed by atoms with E-state index in [2.05, 4.69) is 48.3 Å². The number of rotatable bonds is 4. The maximum atomic E-state index is 5.47. The van der Waals surface area contributed by atoms with Crippen molar-refractivity contribution < 1.29 is 4.74 Å². The fourth-order valence-corrected chi connectivity index (χ4v) is 3.62. The van der Waals surface area contributed by atoms with Crippen LogP contribution in [0, 0.1) is 0 Å². The second-order valence-electron chi connectivity index (χ2n) is 6.94. The summed E-state index contributed by atoms with van der Waals surface area (Å²) < 4.78 is 5.47. The molecule has 0 amide bonds. The molecule has 1 heterocycles. The molecule has 3 nitrogen and oxygen atoms in total. The highest BCUT2D eigenvalue weighted by molar-refractivity contribution is 5.32. The molecule has 1 N–H and O–H groups in total. The lowest BCUT2D eigenvalue weighted by atomic mass is 9.87. The Kier molecular flexibility index (Phi) is 4.63. The lowest BCUT2D eigenvalue weighted by molar-refractivity contribution is -0.0105. The minimum Gasteiger partial charge on any atom is -0.379 e. The number of nitrogens with one attached hydrogen (secondary N) is 1.